The lowest BCUT2D eigenvalue weighted by atomic mass is 9.81. The zero-order chi connectivity index (χ0) is 18.1. The number of aromatic nitrogens is 3. The van der Waals surface area contributed by atoms with E-state index < -0.39 is 0 Å². The molecule has 6 heteroatoms. The molecule has 3 aromatic rings. The van der Waals surface area contributed by atoms with Crippen LogP contribution in [0.2, 0.25) is 0 Å². The van der Waals surface area contributed by atoms with Gasteiger partial charge in [0.2, 0.25) is 0 Å². The van der Waals surface area contributed by atoms with E-state index in [1.54, 1.807) is 10.7 Å². The predicted molar refractivity (Wildman–Crippen MR) is 106 cm³/mol. The second-order valence-electron chi connectivity index (χ2n) is 7.12. The van der Waals surface area contributed by atoms with Gasteiger partial charge in [-0.1, -0.05) is 25.1 Å². The highest BCUT2D eigenvalue weighted by Crippen LogP contribution is 2.41. The summed E-state index contributed by atoms with van der Waals surface area (Å²) >= 11 is 0. The van der Waals surface area contributed by atoms with Gasteiger partial charge in [-0.15, -0.1) is 5.10 Å². The quantitative estimate of drug-likeness (QED) is 0.668. The van der Waals surface area contributed by atoms with Crippen molar-refractivity contribution in [1.29, 1.82) is 0 Å². The Morgan fingerprint density at radius 1 is 1.19 bits per heavy atom. The number of nitrogens with zero attached hydrogens (tertiary/aromatic N) is 3. The van der Waals surface area contributed by atoms with Gasteiger partial charge in [0.25, 0.3) is 0 Å². The maximum Gasteiger partial charge on any atom is 0.177 e. The van der Waals surface area contributed by atoms with Crippen molar-refractivity contribution in [2.24, 2.45) is 5.73 Å². The number of aryl methyl sites for hydroxylation is 1. The average molecular weight is 350 g/mol. The number of nitrogens with two attached hydrogens (primary N) is 2. The van der Waals surface area contributed by atoms with E-state index in [9.17, 15) is 0 Å². The molecule has 6 nitrogen and oxygen atoms in total. The van der Waals surface area contributed by atoms with Crippen molar-refractivity contribution in [3.63, 3.8) is 0 Å². The SMILES string of the molecule is CCc1ccccc1Nc1c(C2CCC(N)CC2)c(N)nn2ccnc12. The number of imidazole rings is 1. The fraction of sp³-hybridized carbons (Fsp3) is 0.400. The summed E-state index contributed by atoms with van der Waals surface area (Å²) in [6, 6.07) is 8.67. The molecular formula is C20H26N6. The van der Waals surface area contributed by atoms with E-state index in [0.717, 1.165) is 54.7 Å². The highest BCUT2D eigenvalue weighted by atomic mass is 15.3. The Morgan fingerprint density at radius 2 is 1.96 bits per heavy atom. The van der Waals surface area contributed by atoms with Gasteiger partial charge in [-0.3, -0.25) is 0 Å². The first kappa shape index (κ1) is 16.8. The second-order valence-corrected chi connectivity index (χ2v) is 7.12. The summed E-state index contributed by atoms with van der Waals surface area (Å²) in [5, 5.41) is 8.17. The minimum atomic E-state index is 0.299. The first-order valence-corrected chi connectivity index (χ1v) is 9.40. The topological polar surface area (TPSA) is 94.3 Å². The van der Waals surface area contributed by atoms with Gasteiger partial charge in [-0.25, -0.2) is 9.50 Å². The van der Waals surface area contributed by atoms with E-state index in [0.29, 0.717) is 17.8 Å². The van der Waals surface area contributed by atoms with Crippen molar-refractivity contribution in [2.45, 2.75) is 51.0 Å². The van der Waals surface area contributed by atoms with E-state index in [1.807, 2.05) is 12.3 Å². The molecule has 2 aromatic heterocycles. The van der Waals surface area contributed by atoms with Crippen LogP contribution in [-0.4, -0.2) is 20.6 Å². The Kier molecular flexibility index (Phi) is 4.51. The molecule has 2 heterocycles. The molecule has 1 saturated carbocycles. The molecule has 26 heavy (non-hydrogen) atoms. The van der Waals surface area contributed by atoms with Crippen molar-refractivity contribution >= 4 is 22.8 Å². The van der Waals surface area contributed by atoms with E-state index in [-0.39, 0.29) is 0 Å². The monoisotopic (exact) mass is 350 g/mol. The van der Waals surface area contributed by atoms with Gasteiger partial charge in [0.1, 0.15) is 5.82 Å². The minimum absolute atomic E-state index is 0.299. The fourth-order valence-electron chi connectivity index (χ4n) is 4.00. The second kappa shape index (κ2) is 6.96. The van der Waals surface area contributed by atoms with Gasteiger partial charge in [0, 0.05) is 29.7 Å². The van der Waals surface area contributed by atoms with Crippen LogP contribution in [-0.2, 0) is 6.42 Å². The zero-order valence-electron chi connectivity index (χ0n) is 15.2. The molecule has 5 N–H and O–H groups in total. The van der Waals surface area contributed by atoms with E-state index in [4.69, 9.17) is 11.5 Å². The lowest BCUT2D eigenvalue weighted by Crippen LogP contribution is -2.26. The zero-order valence-corrected chi connectivity index (χ0v) is 15.2. The van der Waals surface area contributed by atoms with Crippen LogP contribution in [0.15, 0.2) is 36.7 Å². The lowest BCUT2D eigenvalue weighted by Gasteiger charge is -2.29. The van der Waals surface area contributed by atoms with E-state index in [2.05, 4.69) is 40.5 Å². The highest BCUT2D eigenvalue weighted by molar-refractivity contribution is 5.81. The molecule has 0 unspecified atom stereocenters. The summed E-state index contributed by atoms with van der Waals surface area (Å²) in [6.07, 6.45) is 8.68. The van der Waals surface area contributed by atoms with Gasteiger partial charge in [0.15, 0.2) is 5.65 Å². The van der Waals surface area contributed by atoms with Crippen molar-refractivity contribution in [3.8, 4) is 0 Å². The molecular weight excluding hydrogens is 324 g/mol. The summed E-state index contributed by atoms with van der Waals surface area (Å²) in [5.41, 5.74) is 17.8. The van der Waals surface area contributed by atoms with Crippen LogP contribution in [0.25, 0.3) is 5.65 Å². The van der Waals surface area contributed by atoms with Gasteiger partial charge in [-0.05, 0) is 49.7 Å². The summed E-state index contributed by atoms with van der Waals surface area (Å²) in [6.45, 7) is 2.16. The molecule has 136 valence electrons. The molecule has 1 aromatic carbocycles. The third-order valence-corrected chi connectivity index (χ3v) is 5.44. The Bertz CT molecular complexity index is 908. The molecule has 0 spiro atoms. The number of benzene rings is 1. The van der Waals surface area contributed by atoms with Gasteiger partial charge < -0.3 is 16.8 Å². The third-order valence-electron chi connectivity index (χ3n) is 5.44. The Labute approximate surface area is 153 Å². The lowest BCUT2D eigenvalue weighted by molar-refractivity contribution is 0.396. The maximum atomic E-state index is 6.41. The molecule has 0 bridgehead atoms. The number of nitrogens with one attached hydrogen (secondary N) is 1. The van der Waals surface area contributed by atoms with Crippen molar-refractivity contribution in [2.75, 3.05) is 11.1 Å². The Balaban J connectivity index is 1.83. The molecule has 0 saturated heterocycles. The first-order chi connectivity index (χ1) is 12.7. The Hall–Kier alpha value is -2.60. The average Bonchev–Trinajstić information content (AvgIpc) is 3.11. The number of anilines is 3. The summed E-state index contributed by atoms with van der Waals surface area (Å²) in [7, 11) is 0. The molecule has 0 aliphatic heterocycles. The van der Waals surface area contributed by atoms with Crippen LogP contribution in [0, 0.1) is 0 Å². The Morgan fingerprint density at radius 3 is 2.73 bits per heavy atom. The van der Waals surface area contributed by atoms with E-state index >= 15 is 0 Å². The van der Waals surface area contributed by atoms with Crippen LogP contribution in [0.5, 0.6) is 0 Å². The third kappa shape index (κ3) is 3.01. The van der Waals surface area contributed by atoms with Crippen LogP contribution < -0.4 is 16.8 Å². The molecule has 1 aliphatic carbocycles. The molecule has 0 atom stereocenters. The maximum absolute atomic E-state index is 6.41. The predicted octanol–water partition coefficient (Wildman–Crippen LogP) is 3.60. The van der Waals surface area contributed by atoms with Crippen LogP contribution >= 0.6 is 0 Å². The minimum Gasteiger partial charge on any atom is -0.382 e. The van der Waals surface area contributed by atoms with Crippen molar-refractivity contribution in [3.05, 3.63) is 47.8 Å². The number of fused-ring (bicyclic) bond motifs is 1. The highest BCUT2D eigenvalue weighted by Gasteiger charge is 2.27. The molecule has 4 rings (SSSR count). The summed E-state index contributed by atoms with van der Waals surface area (Å²) in [4.78, 5) is 4.54. The molecule has 1 fully saturated rings. The standard InChI is InChI=1S/C20H26N6/c1-2-13-5-3-4-6-16(13)24-18-17(14-7-9-15(21)10-8-14)19(22)25-26-12-11-23-20(18)26/h3-6,11-12,14-15,24H,2,7-10,21H2,1H3,(H2,22,25). The molecule has 0 radical (unpaired) electrons. The smallest absolute Gasteiger partial charge is 0.177 e. The van der Waals surface area contributed by atoms with Crippen molar-refractivity contribution < 1.29 is 0 Å². The molecule has 1 aliphatic rings. The van der Waals surface area contributed by atoms with E-state index in [1.165, 1.54) is 5.56 Å². The van der Waals surface area contributed by atoms with Crippen LogP contribution in [0.3, 0.4) is 0 Å². The fourth-order valence-corrected chi connectivity index (χ4v) is 4.00. The van der Waals surface area contributed by atoms with Crippen LogP contribution in [0.1, 0.15) is 49.7 Å². The largest absolute Gasteiger partial charge is 0.382 e. The number of rotatable bonds is 4. The number of hydrogen-bond donors (Lipinski definition) is 3. The van der Waals surface area contributed by atoms with Gasteiger partial charge in [0.05, 0.1) is 5.69 Å². The number of nitrogen functional groups attached to an aromatic ring is 1. The molecule has 0 amide bonds. The first-order valence-electron chi connectivity index (χ1n) is 9.40. The van der Waals surface area contributed by atoms with Crippen LogP contribution in [0.4, 0.5) is 17.2 Å². The number of hydrogen-bond acceptors (Lipinski definition) is 5. The number of para-hydroxylation sites is 1. The summed E-state index contributed by atoms with van der Waals surface area (Å²) < 4.78 is 1.75. The van der Waals surface area contributed by atoms with Gasteiger partial charge in [-0.2, -0.15) is 0 Å². The van der Waals surface area contributed by atoms with Gasteiger partial charge >= 0.3 is 0 Å². The summed E-state index contributed by atoms with van der Waals surface area (Å²) in [5.74, 6) is 0.938. The normalized spacial score (nSPS) is 20.4. The van der Waals surface area contributed by atoms with Crippen molar-refractivity contribution in [1.82, 2.24) is 14.6 Å².